The molecule has 0 bridgehead atoms. The topological polar surface area (TPSA) is 50.5 Å². The maximum Gasteiger partial charge on any atom is 0.416 e. The first-order chi connectivity index (χ1) is 16.6. The van der Waals surface area contributed by atoms with Crippen LogP contribution in [0.1, 0.15) is 44.4 Å². The van der Waals surface area contributed by atoms with Gasteiger partial charge >= 0.3 is 6.18 Å². The Balaban J connectivity index is 1.79. The van der Waals surface area contributed by atoms with Crippen molar-refractivity contribution in [3.8, 4) is 0 Å². The van der Waals surface area contributed by atoms with Crippen LogP contribution in [0.25, 0.3) is 11.0 Å². The van der Waals surface area contributed by atoms with E-state index in [4.69, 9.17) is 4.42 Å². The summed E-state index contributed by atoms with van der Waals surface area (Å²) in [6.07, 6.45) is -2.66. The van der Waals surface area contributed by atoms with E-state index in [1.165, 1.54) is 28.8 Å². The number of rotatable bonds is 3. The van der Waals surface area contributed by atoms with Crippen LogP contribution in [0.15, 0.2) is 74.8 Å². The number of anilines is 1. The van der Waals surface area contributed by atoms with Gasteiger partial charge in [0.05, 0.1) is 22.6 Å². The van der Waals surface area contributed by atoms with Crippen LogP contribution in [0.2, 0.25) is 0 Å². The minimum Gasteiger partial charge on any atom is -0.450 e. The zero-order valence-corrected chi connectivity index (χ0v) is 19.9. The van der Waals surface area contributed by atoms with Crippen LogP contribution in [0, 0.1) is 13.8 Å². The Bertz CT molecular complexity index is 1540. The molecular weight excluding hydrogens is 475 g/mol. The van der Waals surface area contributed by atoms with E-state index in [2.05, 4.69) is 0 Å². The second-order valence-corrected chi connectivity index (χ2v) is 9.39. The number of halogens is 3. The van der Waals surface area contributed by atoms with Crippen LogP contribution in [0.5, 0.6) is 0 Å². The molecule has 1 unspecified atom stereocenters. The molecule has 0 saturated heterocycles. The number of fused-ring (bicyclic) bond motifs is 2. The molecule has 5 rings (SSSR count). The van der Waals surface area contributed by atoms with Gasteiger partial charge in [-0.3, -0.25) is 14.5 Å². The third kappa shape index (κ3) is 3.82. The van der Waals surface area contributed by atoms with Gasteiger partial charge in [-0.15, -0.1) is 11.8 Å². The van der Waals surface area contributed by atoms with E-state index < -0.39 is 23.7 Å². The lowest BCUT2D eigenvalue weighted by atomic mass is 9.97. The van der Waals surface area contributed by atoms with E-state index in [1.807, 2.05) is 32.2 Å². The number of hydrogen-bond donors (Lipinski definition) is 0. The van der Waals surface area contributed by atoms with Gasteiger partial charge in [0.1, 0.15) is 5.58 Å². The summed E-state index contributed by atoms with van der Waals surface area (Å²) < 4.78 is 46.4. The molecule has 0 aliphatic carbocycles. The van der Waals surface area contributed by atoms with Crippen molar-refractivity contribution in [3.05, 3.63) is 104 Å². The van der Waals surface area contributed by atoms with Crippen LogP contribution in [0.3, 0.4) is 0 Å². The smallest absolute Gasteiger partial charge is 0.416 e. The zero-order chi connectivity index (χ0) is 25.1. The lowest BCUT2D eigenvalue weighted by Gasteiger charge is -2.26. The fourth-order valence-electron chi connectivity index (χ4n) is 4.43. The highest BCUT2D eigenvalue weighted by Crippen LogP contribution is 2.43. The normalized spacial score (nSPS) is 15.7. The summed E-state index contributed by atoms with van der Waals surface area (Å²) >= 11 is 1.53. The number of benzene rings is 3. The number of thioether (sulfide) groups is 1. The summed E-state index contributed by atoms with van der Waals surface area (Å²) in [7, 11) is 0. The monoisotopic (exact) mass is 495 g/mol. The third-order valence-corrected chi connectivity index (χ3v) is 7.11. The van der Waals surface area contributed by atoms with Gasteiger partial charge in [0.25, 0.3) is 5.91 Å². The largest absolute Gasteiger partial charge is 0.450 e. The highest BCUT2D eigenvalue weighted by atomic mass is 32.2. The summed E-state index contributed by atoms with van der Waals surface area (Å²) in [6, 6.07) is 14.3. The number of aryl methyl sites for hydroxylation is 2. The van der Waals surface area contributed by atoms with Crippen LogP contribution in [-0.2, 0) is 6.18 Å². The molecule has 1 aliphatic rings. The van der Waals surface area contributed by atoms with Gasteiger partial charge in [0.2, 0.25) is 5.76 Å². The Morgan fingerprint density at radius 2 is 1.63 bits per heavy atom. The molecule has 4 aromatic rings. The molecule has 178 valence electrons. The van der Waals surface area contributed by atoms with Gasteiger partial charge in [-0.05, 0) is 79.3 Å². The number of alkyl halides is 3. The predicted octanol–water partition coefficient (Wildman–Crippen LogP) is 6.90. The fourth-order valence-corrected chi connectivity index (χ4v) is 4.84. The maximum absolute atomic E-state index is 13.7. The van der Waals surface area contributed by atoms with Gasteiger partial charge in [-0.1, -0.05) is 18.2 Å². The lowest BCUT2D eigenvalue weighted by molar-refractivity contribution is -0.137. The molecule has 0 saturated carbocycles. The third-order valence-electron chi connectivity index (χ3n) is 6.37. The average Bonchev–Trinajstić information content (AvgIpc) is 3.12. The Kier molecular flexibility index (Phi) is 5.51. The highest BCUT2D eigenvalue weighted by Gasteiger charge is 2.44. The molecule has 35 heavy (non-hydrogen) atoms. The quantitative estimate of drug-likeness (QED) is 0.290. The summed E-state index contributed by atoms with van der Waals surface area (Å²) in [6.45, 7) is 3.75. The fraction of sp³-hybridized carbons (Fsp3) is 0.185. The molecule has 0 spiro atoms. The summed E-state index contributed by atoms with van der Waals surface area (Å²) in [5, 5.41) is 0.330. The Hall–Kier alpha value is -3.52. The second kappa shape index (κ2) is 8.30. The van der Waals surface area contributed by atoms with Crippen LogP contribution < -0.4 is 10.3 Å². The highest BCUT2D eigenvalue weighted by molar-refractivity contribution is 7.98. The first-order valence-corrected chi connectivity index (χ1v) is 12.1. The van der Waals surface area contributed by atoms with E-state index in [1.54, 1.807) is 24.3 Å². The second-order valence-electron chi connectivity index (χ2n) is 8.51. The molecule has 0 radical (unpaired) electrons. The van der Waals surface area contributed by atoms with Crippen molar-refractivity contribution in [2.45, 2.75) is 31.0 Å². The molecule has 8 heteroatoms. The van der Waals surface area contributed by atoms with Gasteiger partial charge in [0, 0.05) is 10.6 Å². The molecular formula is C27H20F3NO3S. The summed E-state index contributed by atoms with van der Waals surface area (Å²) in [5.74, 6) is -0.808. The number of hydrogen-bond acceptors (Lipinski definition) is 4. The molecule has 0 fully saturated rings. The van der Waals surface area contributed by atoms with Crippen molar-refractivity contribution in [1.29, 1.82) is 0 Å². The first-order valence-electron chi connectivity index (χ1n) is 10.8. The molecule has 0 N–H and O–H groups in total. The van der Waals surface area contributed by atoms with E-state index in [0.29, 0.717) is 10.9 Å². The molecule has 1 atom stereocenters. The molecule has 3 aromatic carbocycles. The zero-order valence-electron chi connectivity index (χ0n) is 19.1. The van der Waals surface area contributed by atoms with Crippen LogP contribution in [0.4, 0.5) is 18.9 Å². The number of amides is 1. The Morgan fingerprint density at radius 1 is 0.943 bits per heavy atom. The number of carbonyl (C=O) groups excluding carboxylic acids is 1. The van der Waals surface area contributed by atoms with Crippen molar-refractivity contribution in [2.24, 2.45) is 0 Å². The summed E-state index contributed by atoms with van der Waals surface area (Å²) in [4.78, 5) is 29.5. The van der Waals surface area contributed by atoms with Crippen LogP contribution >= 0.6 is 11.8 Å². The van der Waals surface area contributed by atoms with Crippen molar-refractivity contribution in [3.63, 3.8) is 0 Å². The van der Waals surface area contributed by atoms with Gasteiger partial charge in [0.15, 0.2) is 5.43 Å². The Labute approximate surface area is 203 Å². The van der Waals surface area contributed by atoms with E-state index in [-0.39, 0.29) is 28.0 Å². The van der Waals surface area contributed by atoms with Gasteiger partial charge < -0.3 is 4.42 Å². The minimum atomic E-state index is -4.58. The molecule has 1 amide bonds. The predicted molar refractivity (Wildman–Crippen MR) is 130 cm³/mol. The maximum atomic E-state index is 13.7. The first kappa shape index (κ1) is 23.2. The van der Waals surface area contributed by atoms with Gasteiger partial charge in [-0.25, -0.2) is 0 Å². The molecule has 2 heterocycles. The van der Waals surface area contributed by atoms with Crippen LogP contribution in [-0.4, -0.2) is 12.2 Å². The van der Waals surface area contributed by atoms with E-state index in [9.17, 15) is 22.8 Å². The minimum absolute atomic E-state index is 0.0333. The van der Waals surface area contributed by atoms with Crippen molar-refractivity contribution >= 4 is 34.3 Å². The standard InChI is InChI=1S/C27H20F3NO3S/c1-14-11-20-21(12-15(14)2)34-25-22(24(20)32)23(16-7-9-19(35-3)10-8-16)31(26(25)33)18-6-4-5-17(13-18)27(28,29)30/h4-13,23H,1-3H3. The Morgan fingerprint density at radius 3 is 2.29 bits per heavy atom. The van der Waals surface area contributed by atoms with Gasteiger partial charge in [-0.2, -0.15) is 13.2 Å². The van der Waals surface area contributed by atoms with Crippen molar-refractivity contribution in [1.82, 2.24) is 0 Å². The van der Waals surface area contributed by atoms with E-state index in [0.717, 1.165) is 28.2 Å². The SMILES string of the molecule is CSc1ccc(C2c3c(oc4cc(C)c(C)cc4c3=O)C(=O)N2c2cccc(C(F)(F)F)c2)cc1. The van der Waals surface area contributed by atoms with Crippen molar-refractivity contribution in [2.75, 3.05) is 11.2 Å². The molecule has 4 nitrogen and oxygen atoms in total. The summed E-state index contributed by atoms with van der Waals surface area (Å²) in [5.41, 5.74) is 1.56. The number of nitrogens with zero attached hydrogens (tertiary/aromatic N) is 1. The average molecular weight is 496 g/mol. The molecule has 1 aliphatic heterocycles. The lowest BCUT2D eigenvalue weighted by Crippen LogP contribution is -2.29. The van der Waals surface area contributed by atoms with E-state index >= 15 is 0 Å². The molecule has 1 aromatic heterocycles. The number of carbonyl (C=O) groups is 1. The van der Waals surface area contributed by atoms with Crippen molar-refractivity contribution < 1.29 is 22.4 Å².